The molecule has 5 nitrogen and oxygen atoms in total. The standard InChI is InChI=1S/C15H12BrFN2O3/c1-9(14(20)19-13-4-2-12(17)3-5-13)22-15(21)10-6-11(16)8-18-7-10/h2-9H,1H3,(H,19,20)/t9-/m1/s1. The minimum atomic E-state index is -1.00. The Balaban J connectivity index is 1.96. The fourth-order valence-electron chi connectivity index (χ4n) is 1.58. The van der Waals surface area contributed by atoms with Gasteiger partial charge in [-0.15, -0.1) is 0 Å². The molecule has 7 heteroatoms. The molecule has 22 heavy (non-hydrogen) atoms. The molecular weight excluding hydrogens is 355 g/mol. The van der Waals surface area contributed by atoms with Gasteiger partial charge in [-0.3, -0.25) is 9.78 Å². The Morgan fingerprint density at radius 3 is 2.59 bits per heavy atom. The van der Waals surface area contributed by atoms with Crippen LogP contribution in [0.25, 0.3) is 0 Å². The summed E-state index contributed by atoms with van der Waals surface area (Å²) in [6.07, 6.45) is 1.87. The number of anilines is 1. The number of amides is 1. The van der Waals surface area contributed by atoms with Crippen molar-refractivity contribution in [3.8, 4) is 0 Å². The van der Waals surface area contributed by atoms with Crippen LogP contribution in [0, 0.1) is 5.82 Å². The van der Waals surface area contributed by atoms with Crippen LogP contribution in [0.4, 0.5) is 10.1 Å². The summed E-state index contributed by atoms with van der Waals surface area (Å²) in [7, 11) is 0. The van der Waals surface area contributed by atoms with Gasteiger partial charge in [0.15, 0.2) is 6.10 Å². The molecular formula is C15H12BrFN2O3. The molecule has 0 aliphatic rings. The van der Waals surface area contributed by atoms with Crippen molar-refractivity contribution in [1.29, 1.82) is 0 Å². The molecule has 0 bridgehead atoms. The lowest BCUT2D eigenvalue weighted by Gasteiger charge is -2.13. The van der Waals surface area contributed by atoms with Gasteiger partial charge in [-0.05, 0) is 53.2 Å². The summed E-state index contributed by atoms with van der Waals surface area (Å²) >= 11 is 3.20. The molecule has 1 N–H and O–H groups in total. The fourth-order valence-corrected chi connectivity index (χ4v) is 1.95. The van der Waals surface area contributed by atoms with E-state index in [0.29, 0.717) is 10.2 Å². The SMILES string of the molecule is C[C@@H](OC(=O)c1cncc(Br)c1)C(=O)Nc1ccc(F)cc1. The zero-order chi connectivity index (χ0) is 16.1. The van der Waals surface area contributed by atoms with Gasteiger partial charge in [-0.25, -0.2) is 9.18 Å². The van der Waals surface area contributed by atoms with Crippen LogP contribution < -0.4 is 5.32 Å². The highest BCUT2D eigenvalue weighted by Gasteiger charge is 2.19. The van der Waals surface area contributed by atoms with Crippen LogP contribution >= 0.6 is 15.9 Å². The summed E-state index contributed by atoms with van der Waals surface area (Å²) in [5.41, 5.74) is 0.647. The maximum Gasteiger partial charge on any atom is 0.340 e. The molecule has 0 saturated carbocycles. The predicted molar refractivity (Wildman–Crippen MR) is 81.8 cm³/mol. The van der Waals surface area contributed by atoms with Crippen molar-refractivity contribution in [1.82, 2.24) is 4.98 Å². The molecule has 0 aliphatic carbocycles. The first-order valence-electron chi connectivity index (χ1n) is 6.33. The van der Waals surface area contributed by atoms with E-state index in [1.54, 1.807) is 6.07 Å². The van der Waals surface area contributed by atoms with Crippen molar-refractivity contribution >= 4 is 33.5 Å². The molecule has 114 valence electrons. The Kier molecular flexibility index (Phi) is 5.21. The lowest BCUT2D eigenvalue weighted by atomic mass is 10.2. The third kappa shape index (κ3) is 4.36. The molecule has 0 unspecified atom stereocenters. The predicted octanol–water partition coefficient (Wildman–Crippen LogP) is 3.17. The summed E-state index contributed by atoms with van der Waals surface area (Å²) in [4.78, 5) is 27.7. The second-order valence-electron chi connectivity index (χ2n) is 4.44. The Bertz CT molecular complexity index is 691. The number of hydrogen-bond donors (Lipinski definition) is 1. The zero-order valence-electron chi connectivity index (χ0n) is 11.5. The minimum absolute atomic E-state index is 0.232. The molecule has 0 saturated heterocycles. The highest BCUT2D eigenvalue weighted by molar-refractivity contribution is 9.10. The highest BCUT2D eigenvalue weighted by atomic mass is 79.9. The maximum absolute atomic E-state index is 12.8. The van der Waals surface area contributed by atoms with Crippen molar-refractivity contribution in [3.05, 3.63) is 58.6 Å². The van der Waals surface area contributed by atoms with Crippen LogP contribution in [0.5, 0.6) is 0 Å². The zero-order valence-corrected chi connectivity index (χ0v) is 13.1. The topological polar surface area (TPSA) is 68.3 Å². The number of benzene rings is 1. The first-order chi connectivity index (χ1) is 10.5. The monoisotopic (exact) mass is 366 g/mol. The minimum Gasteiger partial charge on any atom is -0.449 e. The van der Waals surface area contributed by atoms with Crippen LogP contribution in [0.1, 0.15) is 17.3 Å². The van der Waals surface area contributed by atoms with Crippen molar-refractivity contribution in [2.24, 2.45) is 0 Å². The Labute approximate surface area is 134 Å². The molecule has 0 radical (unpaired) electrons. The van der Waals surface area contributed by atoms with E-state index < -0.39 is 23.8 Å². The van der Waals surface area contributed by atoms with Crippen molar-refractivity contribution in [3.63, 3.8) is 0 Å². The number of halogens is 2. The Morgan fingerprint density at radius 1 is 1.27 bits per heavy atom. The number of hydrogen-bond acceptors (Lipinski definition) is 4. The van der Waals surface area contributed by atoms with E-state index >= 15 is 0 Å². The van der Waals surface area contributed by atoms with Gasteiger partial charge in [0.05, 0.1) is 5.56 Å². The number of ether oxygens (including phenoxy) is 1. The number of carbonyl (C=O) groups excluding carboxylic acids is 2. The van der Waals surface area contributed by atoms with E-state index in [9.17, 15) is 14.0 Å². The number of nitrogens with zero attached hydrogens (tertiary/aromatic N) is 1. The number of esters is 1. The molecule has 1 heterocycles. The van der Waals surface area contributed by atoms with Gasteiger partial charge in [0.2, 0.25) is 0 Å². The number of aromatic nitrogens is 1. The van der Waals surface area contributed by atoms with Gasteiger partial charge >= 0.3 is 5.97 Å². The summed E-state index contributed by atoms with van der Waals surface area (Å²) < 4.78 is 18.5. The first kappa shape index (κ1) is 16.1. The maximum atomic E-state index is 12.8. The molecule has 1 aromatic carbocycles. The van der Waals surface area contributed by atoms with Gasteiger partial charge in [0, 0.05) is 22.6 Å². The number of nitrogens with one attached hydrogen (secondary N) is 1. The van der Waals surface area contributed by atoms with Gasteiger partial charge in [-0.2, -0.15) is 0 Å². The van der Waals surface area contributed by atoms with E-state index in [0.717, 1.165) is 0 Å². The van der Waals surface area contributed by atoms with Crippen molar-refractivity contribution < 1.29 is 18.7 Å². The molecule has 1 amide bonds. The molecule has 2 aromatic rings. The van der Waals surface area contributed by atoms with Crippen LogP contribution in [-0.2, 0) is 9.53 Å². The van der Waals surface area contributed by atoms with Gasteiger partial charge < -0.3 is 10.1 Å². The van der Waals surface area contributed by atoms with Crippen LogP contribution in [-0.4, -0.2) is 23.0 Å². The van der Waals surface area contributed by atoms with Crippen LogP contribution in [0.2, 0.25) is 0 Å². The fraction of sp³-hybridized carbons (Fsp3) is 0.133. The molecule has 0 aliphatic heterocycles. The van der Waals surface area contributed by atoms with Gasteiger partial charge in [-0.1, -0.05) is 0 Å². The smallest absolute Gasteiger partial charge is 0.340 e. The lowest BCUT2D eigenvalue weighted by Crippen LogP contribution is -2.30. The largest absolute Gasteiger partial charge is 0.449 e. The average Bonchev–Trinajstić information content (AvgIpc) is 2.49. The Morgan fingerprint density at radius 2 is 1.95 bits per heavy atom. The number of pyridine rings is 1. The third-order valence-electron chi connectivity index (χ3n) is 2.71. The molecule has 2 rings (SSSR count). The van der Waals surface area contributed by atoms with E-state index in [2.05, 4.69) is 26.2 Å². The normalized spacial score (nSPS) is 11.6. The van der Waals surface area contributed by atoms with E-state index in [1.807, 2.05) is 0 Å². The summed E-state index contributed by atoms with van der Waals surface area (Å²) in [6.45, 7) is 1.45. The summed E-state index contributed by atoms with van der Waals surface area (Å²) in [5.74, 6) is -1.57. The van der Waals surface area contributed by atoms with Gasteiger partial charge in [0.25, 0.3) is 5.91 Å². The molecule has 1 atom stereocenters. The lowest BCUT2D eigenvalue weighted by molar-refractivity contribution is -0.123. The number of rotatable bonds is 4. The second-order valence-corrected chi connectivity index (χ2v) is 5.35. The Hall–Kier alpha value is -2.28. The quantitative estimate of drug-likeness (QED) is 0.843. The summed E-state index contributed by atoms with van der Waals surface area (Å²) in [6, 6.07) is 6.82. The van der Waals surface area contributed by atoms with Gasteiger partial charge in [0.1, 0.15) is 5.82 Å². The van der Waals surface area contributed by atoms with Crippen LogP contribution in [0.3, 0.4) is 0 Å². The van der Waals surface area contributed by atoms with E-state index in [-0.39, 0.29) is 5.56 Å². The second kappa shape index (κ2) is 7.13. The van der Waals surface area contributed by atoms with Crippen LogP contribution in [0.15, 0.2) is 47.2 Å². The van der Waals surface area contributed by atoms with E-state index in [4.69, 9.17) is 4.74 Å². The van der Waals surface area contributed by atoms with E-state index in [1.165, 1.54) is 43.6 Å². The molecule has 1 aromatic heterocycles. The molecule has 0 fully saturated rings. The number of carbonyl (C=O) groups is 2. The molecule has 0 spiro atoms. The third-order valence-corrected chi connectivity index (χ3v) is 3.14. The first-order valence-corrected chi connectivity index (χ1v) is 7.13. The van der Waals surface area contributed by atoms with Crippen molar-refractivity contribution in [2.45, 2.75) is 13.0 Å². The van der Waals surface area contributed by atoms with Crippen molar-refractivity contribution in [2.75, 3.05) is 5.32 Å². The highest BCUT2D eigenvalue weighted by Crippen LogP contribution is 2.13. The average molecular weight is 367 g/mol. The summed E-state index contributed by atoms with van der Waals surface area (Å²) in [5, 5.41) is 2.53.